The average molecular weight is 329 g/mol. The lowest BCUT2D eigenvalue weighted by Crippen LogP contribution is -2.39. The van der Waals surface area contributed by atoms with Gasteiger partial charge in [0.1, 0.15) is 6.04 Å². The van der Waals surface area contributed by atoms with Crippen molar-refractivity contribution in [1.82, 2.24) is 10.2 Å². The Morgan fingerprint density at radius 1 is 1.17 bits per heavy atom. The van der Waals surface area contributed by atoms with E-state index in [1.54, 1.807) is 0 Å². The van der Waals surface area contributed by atoms with E-state index in [-0.39, 0.29) is 11.9 Å². The third-order valence-electron chi connectivity index (χ3n) is 4.07. The van der Waals surface area contributed by atoms with Gasteiger partial charge < -0.3 is 5.32 Å². The zero-order chi connectivity index (χ0) is 16.2. The lowest BCUT2D eigenvalue weighted by atomic mass is 10.0. The molecule has 1 saturated carbocycles. The van der Waals surface area contributed by atoms with E-state index in [0.29, 0.717) is 12.6 Å². The van der Waals surface area contributed by atoms with Crippen LogP contribution in [0.25, 0.3) is 0 Å². The molecule has 2 aromatic carbocycles. The first-order chi connectivity index (χ1) is 11.1. The average Bonchev–Trinajstić information content (AvgIpc) is 3.35. The first-order valence-corrected chi connectivity index (χ1v) is 8.31. The standard InChI is InChI=1S/C19H21ClN2O/c1-22(13-14-7-9-16(20)10-8-14)18(15-5-3-2-4-6-15)19(23)21-17-11-12-17/h2-10,17-18H,11-13H2,1H3,(H,21,23). The minimum atomic E-state index is -0.285. The summed E-state index contributed by atoms with van der Waals surface area (Å²) >= 11 is 5.94. The molecule has 1 aliphatic rings. The highest BCUT2D eigenvalue weighted by Gasteiger charge is 2.30. The Morgan fingerprint density at radius 3 is 2.43 bits per heavy atom. The Labute approximate surface area is 142 Å². The van der Waals surface area contributed by atoms with Crippen LogP contribution in [0, 0.1) is 0 Å². The molecule has 2 aromatic rings. The largest absolute Gasteiger partial charge is 0.352 e. The van der Waals surface area contributed by atoms with Gasteiger partial charge in [-0.15, -0.1) is 0 Å². The summed E-state index contributed by atoms with van der Waals surface area (Å²) in [7, 11) is 1.98. The van der Waals surface area contributed by atoms with E-state index in [1.807, 2.05) is 61.6 Å². The summed E-state index contributed by atoms with van der Waals surface area (Å²) in [5.74, 6) is 0.0789. The summed E-state index contributed by atoms with van der Waals surface area (Å²) in [6.07, 6.45) is 2.18. The highest BCUT2D eigenvalue weighted by molar-refractivity contribution is 6.30. The van der Waals surface area contributed by atoms with Crippen LogP contribution in [-0.4, -0.2) is 23.9 Å². The maximum Gasteiger partial charge on any atom is 0.242 e. The summed E-state index contributed by atoms with van der Waals surface area (Å²) in [5.41, 5.74) is 2.15. The third-order valence-corrected chi connectivity index (χ3v) is 4.33. The van der Waals surface area contributed by atoms with E-state index in [9.17, 15) is 4.79 Å². The molecule has 1 aliphatic carbocycles. The summed E-state index contributed by atoms with van der Waals surface area (Å²) in [6, 6.07) is 17.8. The number of rotatable bonds is 6. The first kappa shape index (κ1) is 16.0. The number of likely N-dealkylation sites (N-methyl/N-ethyl adjacent to an activating group) is 1. The highest BCUT2D eigenvalue weighted by Crippen LogP contribution is 2.25. The molecule has 4 heteroatoms. The van der Waals surface area contributed by atoms with Gasteiger partial charge in [0, 0.05) is 17.6 Å². The second-order valence-electron chi connectivity index (χ2n) is 6.14. The Bertz CT molecular complexity index is 653. The zero-order valence-corrected chi connectivity index (χ0v) is 14.0. The van der Waals surface area contributed by atoms with Crippen LogP contribution in [0.5, 0.6) is 0 Å². The number of carbonyl (C=O) groups is 1. The van der Waals surface area contributed by atoms with Gasteiger partial charge in [0.25, 0.3) is 0 Å². The number of carbonyl (C=O) groups excluding carboxylic acids is 1. The predicted molar refractivity (Wildman–Crippen MR) is 93.3 cm³/mol. The molecule has 3 nitrogen and oxygen atoms in total. The van der Waals surface area contributed by atoms with E-state index < -0.39 is 0 Å². The van der Waals surface area contributed by atoms with Crippen LogP contribution in [-0.2, 0) is 11.3 Å². The van der Waals surface area contributed by atoms with Gasteiger partial charge >= 0.3 is 0 Å². The second-order valence-corrected chi connectivity index (χ2v) is 6.57. The summed E-state index contributed by atoms with van der Waals surface area (Å²) in [5, 5.41) is 3.85. The minimum Gasteiger partial charge on any atom is -0.352 e. The number of nitrogens with zero attached hydrogens (tertiary/aromatic N) is 1. The fraction of sp³-hybridized carbons (Fsp3) is 0.316. The third kappa shape index (κ3) is 4.34. The smallest absolute Gasteiger partial charge is 0.242 e. The predicted octanol–water partition coefficient (Wildman–Crippen LogP) is 3.79. The maximum absolute atomic E-state index is 12.7. The van der Waals surface area contributed by atoms with Crippen molar-refractivity contribution < 1.29 is 4.79 Å². The molecule has 0 aliphatic heterocycles. The number of hydrogen-bond acceptors (Lipinski definition) is 2. The molecule has 23 heavy (non-hydrogen) atoms. The van der Waals surface area contributed by atoms with Gasteiger partial charge in [0.2, 0.25) is 5.91 Å². The van der Waals surface area contributed by atoms with Gasteiger partial charge in [-0.25, -0.2) is 0 Å². The number of benzene rings is 2. The molecular weight excluding hydrogens is 308 g/mol. The minimum absolute atomic E-state index is 0.0789. The lowest BCUT2D eigenvalue weighted by molar-refractivity contribution is -0.126. The molecule has 3 rings (SSSR count). The molecule has 120 valence electrons. The molecule has 0 heterocycles. The summed E-state index contributed by atoms with van der Waals surface area (Å²) in [6.45, 7) is 0.689. The number of amides is 1. The summed E-state index contributed by atoms with van der Waals surface area (Å²) in [4.78, 5) is 14.8. The molecule has 0 saturated heterocycles. The van der Waals surface area contributed by atoms with E-state index in [1.165, 1.54) is 0 Å². The normalized spacial score (nSPS) is 15.4. The van der Waals surface area contributed by atoms with Gasteiger partial charge in [0.15, 0.2) is 0 Å². The van der Waals surface area contributed by atoms with E-state index in [4.69, 9.17) is 11.6 Å². The van der Waals surface area contributed by atoms with Crippen molar-refractivity contribution in [2.24, 2.45) is 0 Å². The molecule has 1 N–H and O–H groups in total. The van der Waals surface area contributed by atoms with Gasteiger partial charge in [-0.1, -0.05) is 54.1 Å². The van der Waals surface area contributed by atoms with Crippen LogP contribution in [0.1, 0.15) is 30.0 Å². The van der Waals surface area contributed by atoms with Crippen LogP contribution >= 0.6 is 11.6 Å². The topological polar surface area (TPSA) is 32.3 Å². The van der Waals surface area contributed by atoms with Crippen molar-refractivity contribution in [2.45, 2.75) is 31.5 Å². The van der Waals surface area contributed by atoms with Crippen molar-refractivity contribution in [3.05, 3.63) is 70.7 Å². The monoisotopic (exact) mass is 328 g/mol. The Morgan fingerprint density at radius 2 is 1.83 bits per heavy atom. The van der Waals surface area contributed by atoms with Crippen LogP contribution in [0.3, 0.4) is 0 Å². The number of nitrogens with one attached hydrogen (secondary N) is 1. The van der Waals surface area contributed by atoms with Crippen molar-refractivity contribution in [2.75, 3.05) is 7.05 Å². The molecule has 1 unspecified atom stereocenters. The van der Waals surface area contributed by atoms with Crippen molar-refractivity contribution >= 4 is 17.5 Å². The van der Waals surface area contributed by atoms with Gasteiger partial charge in [-0.2, -0.15) is 0 Å². The molecule has 0 radical (unpaired) electrons. The van der Waals surface area contributed by atoms with Crippen molar-refractivity contribution in [1.29, 1.82) is 0 Å². The number of halogens is 1. The second kappa shape index (κ2) is 7.16. The molecule has 1 fully saturated rings. The van der Waals surface area contributed by atoms with Gasteiger partial charge in [-0.3, -0.25) is 9.69 Å². The molecule has 1 atom stereocenters. The van der Waals surface area contributed by atoms with Crippen LogP contribution < -0.4 is 5.32 Å². The van der Waals surface area contributed by atoms with Crippen LogP contribution in [0.2, 0.25) is 5.02 Å². The van der Waals surface area contributed by atoms with E-state index in [0.717, 1.165) is 29.0 Å². The molecule has 0 bridgehead atoms. The summed E-state index contributed by atoms with van der Waals surface area (Å²) < 4.78 is 0. The first-order valence-electron chi connectivity index (χ1n) is 7.93. The van der Waals surface area contributed by atoms with E-state index in [2.05, 4.69) is 10.2 Å². The van der Waals surface area contributed by atoms with Crippen LogP contribution in [0.15, 0.2) is 54.6 Å². The van der Waals surface area contributed by atoms with Crippen molar-refractivity contribution in [3.8, 4) is 0 Å². The zero-order valence-electron chi connectivity index (χ0n) is 13.2. The highest BCUT2D eigenvalue weighted by atomic mass is 35.5. The van der Waals surface area contributed by atoms with Gasteiger partial charge in [0.05, 0.1) is 0 Å². The van der Waals surface area contributed by atoms with Crippen LogP contribution in [0.4, 0.5) is 0 Å². The fourth-order valence-electron chi connectivity index (χ4n) is 2.72. The van der Waals surface area contributed by atoms with Gasteiger partial charge in [-0.05, 0) is 43.1 Å². The maximum atomic E-state index is 12.7. The molecular formula is C19H21ClN2O. The van der Waals surface area contributed by atoms with E-state index >= 15 is 0 Å². The quantitative estimate of drug-likeness (QED) is 0.875. The molecule has 0 spiro atoms. The Kier molecular flexibility index (Phi) is 4.99. The Hall–Kier alpha value is -1.84. The Balaban J connectivity index is 1.78. The number of hydrogen-bond donors (Lipinski definition) is 1. The van der Waals surface area contributed by atoms with Crippen molar-refractivity contribution in [3.63, 3.8) is 0 Å². The molecule has 1 amide bonds. The SMILES string of the molecule is CN(Cc1ccc(Cl)cc1)C(C(=O)NC1CC1)c1ccccc1. The fourth-order valence-corrected chi connectivity index (χ4v) is 2.84. The molecule has 0 aromatic heterocycles. The lowest BCUT2D eigenvalue weighted by Gasteiger charge is -2.27.